The van der Waals surface area contributed by atoms with Crippen LogP contribution in [0.25, 0.3) is 0 Å². The molecule has 1 rings (SSSR count). The zero-order valence-electron chi connectivity index (χ0n) is 9.80. The average Bonchev–Trinajstić information content (AvgIpc) is 2.27. The first-order valence-corrected chi connectivity index (χ1v) is 6.18. The van der Waals surface area contributed by atoms with Gasteiger partial charge in [-0.1, -0.05) is 32.4 Å². The molecule has 0 saturated heterocycles. The van der Waals surface area contributed by atoms with Crippen LogP contribution in [0.4, 0.5) is 4.39 Å². The Kier molecular flexibility index (Phi) is 5.61. The number of hydrogen-bond acceptors (Lipinski definition) is 1. The first-order chi connectivity index (χ1) is 7.69. The molecule has 0 radical (unpaired) electrons. The van der Waals surface area contributed by atoms with Crippen molar-refractivity contribution in [3.63, 3.8) is 0 Å². The van der Waals surface area contributed by atoms with Crippen LogP contribution in [-0.4, -0.2) is 6.61 Å². The molecule has 1 unspecified atom stereocenters. The van der Waals surface area contributed by atoms with E-state index in [0.717, 1.165) is 12.8 Å². The summed E-state index contributed by atoms with van der Waals surface area (Å²) in [5.74, 6) is 0.685. The van der Waals surface area contributed by atoms with Crippen LogP contribution in [0.15, 0.2) is 18.2 Å². The lowest BCUT2D eigenvalue weighted by Gasteiger charge is -2.14. The zero-order valence-corrected chi connectivity index (χ0v) is 10.6. The highest BCUT2D eigenvalue weighted by Crippen LogP contribution is 2.25. The number of alkyl halides is 1. The Bertz CT molecular complexity index is 328. The van der Waals surface area contributed by atoms with Crippen molar-refractivity contribution in [3.05, 3.63) is 29.6 Å². The second-order valence-corrected chi connectivity index (χ2v) is 4.33. The fourth-order valence-corrected chi connectivity index (χ4v) is 1.83. The third kappa shape index (κ3) is 3.67. The van der Waals surface area contributed by atoms with Gasteiger partial charge in [-0.3, -0.25) is 0 Å². The number of halogens is 2. The van der Waals surface area contributed by atoms with Crippen molar-refractivity contribution in [2.75, 3.05) is 6.61 Å². The number of para-hydroxylation sites is 1. The molecule has 1 nitrogen and oxygen atoms in total. The number of benzene rings is 1. The first-order valence-electron chi connectivity index (χ1n) is 5.65. The molecular weight excluding hydrogens is 227 g/mol. The van der Waals surface area contributed by atoms with E-state index in [1.54, 1.807) is 12.1 Å². The van der Waals surface area contributed by atoms with E-state index in [4.69, 9.17) is 16.3 Å². The fourth-order valence-electron chi connectivity index (χ4n) is 1.62. The Balaban J connectivity index is 2.65. The minimum Gasteiger partial charge on any atom is -0.490 e. The van der Waals surface area contributed by atoms with Crippen LogP contribution < -0.4 is 4.74 Å². The summed E-state index contributed by atoms with van der Waals surface area (Å²) in [6, 6.07) is 4.83. The second-order valence-electron chi connectivity index (χ2n) is 4.07. The van der Waals surface area contributed by atoms with Gasteiger partial charge in [0, 0.05) is 5.56 Å². The molecule has 1 aromatic rings. The molecule has 90 valence electrons. The molecule has 1 aromatic carbocycles. The maximum atomic E-state index is 13.5. The highest BCUT2D eigenvalue weighted by atomic mass is 35.5. The Hall–Kier alpha value is -0.760. The van der Waals surface area contributed by atoms with Gasteiger partial charge in [0.05, 0.1) is 12.5 Å². The third-order valence-corrected chi connectivity index (χ3v) is 2.77. The number of rotatable bonds is 6. The Labute approximate surface area is 102 Å². The molecule has 0 aliphatic carbocycles. The number of hydrogen-bond donors (Lipinski definition) is 0. The van der Waals surface area contributed by atoms with E-state index in [-0.39, 0.29) is 11.7 Å². The van der Waals surface area contributed by atoms with Crippen molar-refractivity contribution in [2.45, 2.75) is 32.6 Å². The van der Waals surface area contributed by atoms with Gasteiger partial charge in [0.15, 0.2) is 11.6 Å². The van der Waals surface area contributed by atoms with Gasteiger partial charge in [-0.15, -0.1) is 11.6 Å². The molecule has 0 heterocycles. The van der Waals surface area contributed by atoms with Crippen LogP contribution in [0.5, 0.6) is 5.75 Å². The largest absolute Gasteiger partial charge is 0.490 e. The lowest BCUT2D eigenvalue weighted by atomic mass is 10.1. The Morgan fingerprint density at radius 3 is 2.81 bits per heavy atom. The van der Waals surface area contributed by atoms with E-state index in [1.165, 1.54) is 6.07 Å². The molecule has 1 atom stereocenters. The summed E-state index contributed by atoms with van der Waals surface area (Å²) < 4.78 is 19.0. The quantitative estimate of drug-likeness (QED) is 0.675. The van der Waals surface area contributed by atoms with Gasteiger partial charge in [0.1, 0.15) is 0 Å². The number of ether oxygens (including phenoxy) is 1. The van der Waals surface area contributed by atoms with E-state index >= 15 is 0 Å². The summed E-state index contributed by atoms with van der Waals surface area (Å²) in [5, 5.41) is 0. The summed E-state index contributed by atoms with van der Waals surface area (Å²) in [6.07, 6.45) is 2.20. The van der Waals surface area contributed by atoms with Crippen molar-refractivity contribution in [1.82, 2.24) is 0 Å². The molecule has 0 aromatic heterocycles. The van der Waals surface area contributed by atoms with E-state index < -0.39 is 0 Å². The molecule has 16 heavy (non-hydrogen) atoms. The SMILES string of the molecule is CCCC(C)COc1c(F)cccc1CCl. The van der Waals surface area contributed by atoms with Gasteiger partial charge in [0.2, 0.25) is 0 Å². The normalized spacial score (nSPS) is 12.5. The van der Waals surface area contributed by atoms with Crippen molar-refractivity contribution in [3.8, 4) is 5.75 Å². The van der Waals surface area contributed by atoms with Crippen molar-refractivity contribution in [2.24, 2.45) is 5.92 Å². The van der Waals surface area contributed by atoms with Crippen molar-refractivity contribution >= 4 is 11.6 Å². The van der Waals surface area contributed by atoms with Crippen LogP contribution in [0, 0.1) is 11.7 Å². The highest BCUT2D eigenvalue weighted by molar-refractivity contribution is 6.17. The summed E-state index contributed by atoms with van der Waals surface area (Å²) in [4.78, 5) is 0. The maximum Gasteiger partial charge on any atom is 0.165 e. The molecule has 0 saturated carbocycles. The van der Waals surface area contributed by atoms with Crippen LogP contribution in [0.3, 0.4) is 0 Å². The Morgan fingerprint density at radius 2 is 2.19 bits per heavy atom. The van der Waals surface area contributed by atoms with Crippen LogP contribution in [0.1, 0.15) is 32.3 Å². The minimum absolute atomic E-state index is 0.273. The van der Waals surface area contributed by atoms with Gasteiger partial charge >= 0.3 is 0 Å². The van der Waals surface area contributed by atoms with Crippen LogP contribution in [-0.2, 0) is 5.88 Å². The maximum absolute atomic E-state index is 13.5. The minimum atomic E-state index is -0.332. The fraction of sp³-hybridized carbons (Fsp3) is 0.538. The summed E-state index contributed by atoms with van der Waals surface area (Å²) in [6.45, 7) is 4.77. The molecule has 0 bridgehead atoms. The van der Waals surface area contributed by atoms with E-state index in [9.17, 15) is 4.39 Å². The third-order valence-electron chi connectivity index (χ3n) is 2.49. The molecule has 0 N–H and O–H groups in total. The van der Waals surface area contributed by atoms with E-state index in [1.807, 2.05) is 0 Å². The van der Waals surface area contributed by atoms with E-state index in [0.29, 0.717) is 23.8 Å². The molecule has 0 fully saturated rings. The van der Waals surface area contributed by atoms with Gasteiger partial charge in [0.25, 0.3) is 0 Å². The molecule has 3 heteroatoms. The highest BCUT2D eigenvalue weighted by Gasteiger charge is 2.10. The summed E-state index contributed by atoms with van der Waals surface area (Å²) in [7, 11) is 0. The predicted molar refractivity (Wildman–Crippen MR) is 65.5 cm³/mol. The predicted octanol–water partition coefficient (Wildman–Crippen LogP) is 4.38. The Morgan fingerprint density at radius 1 is 1.44 bits per heavy atom. The lowest BCUT2D eigenvalue weighted by Crippen LogP contribution is -2.10. The topological polar surface area (TPSA) is 9.23 Å². The standard InChI is InChI=1S/C13H18ClFO/c1-3-5-10(2)9-16-13-11(8-14)6-4-7-12(13)15/h4,6-7,10H,3,5,8-9H2,1-2H3. The van der Waals surface area contributed by atoms with Gasteiger partial charge in [-0.2, -0.15) is 0 Å². The smallest absolute Gasteiger partial charge is 0.165 e. The van der Waals surface area contributed by atoms with Gasteiger partial charge in [-0.05, 0) is 18.4 Å². The average molecular weight is 245 g/mol. The first kappa shape index (κ1) is 13.3. The molecule has 0 aliphatic rings. The molecule has 0 aliphatic heterocycles. The zero-order chi connectivity index (χ0) is 12.0. The summed E-state index contributed by atoms with van der Waals surface area (Å²) >= 11 is 5.73. The lowest BCUT2D eigenvalue weighted by molar-refractivity contribution is 0.240. The molecule has 0 amide bonds. The molecular formula is C13H18ClFO. The van der Waals surface area contributed by atoms with Crippen molar-refractivity contribution in [1.29, 1.82) is 0 Å². The summed E-state index contributed by atoms with van der Waals surface area (Å²) in [5.41, 5.74) is 0.713. The van der Waals surface area contributed by atoms with Crippen LogP contribution in [0.2, 0.25) is 0 Å². The van der Waals surface area contributed by atoms with Crippen molar-refractivity contribution < 1.29 is 9.13 Å². The van der Waals surface area contributed by atoms with E-state index in [2.05, 4.69) is 13.8 Å². The van der Waals surface area contributed by atoms with Gasteiger partial charge in [-0.25, -0.2) is 4.39 Å². The molecule has 0 spiro atoms. The second kappa shape index (κ2) is 6.74. The monoisotopic (exact) mass is 244 g/mol. The van der Waals surface area contributed by atoms with Crippen LogP contribution >= 0.6 is 11.6 Å². The van der Waals surface area contributed by atoms with Gasteiger partial charge < -0.3 is 4.74 Å².